The first-order valence-electron chi connectivity index (χ1n) is 6.02. The fourth-order valence-electron chi connectivity index (χ4n) is 1.36. The van der Waals surface area contributed by atoms with E-state index in [1.54, 1.807) is 0 Å². The van der Waals surface area contributed by atoms with Gasteiger partial charge in [0, 0.05) is 0 Å². The molecule has 1 amide bonds. The van der Waals surface area contributed by atoms with Gasteiger partial charge in [0.15, 0.2) is 0 Å². The van der Waals surface area contributed by atoms with E-state index in [0.717, 1.165) is 19.3 Å². The Morgan fingerprint density at radius 3 is 2.28 bits per heavy atom. The van der Waals surface area contributed by atoms with E-state index >= 15 is 0 Å². The molecule has 0 rings (SSSR count). The predicted octanol–water partition coefficient (Wildman–Crippen LogP) is 3.46. The maximum atomic E-state index is 10.9. The zero-order chi connectivity index (χ0) is 13.8. The van der Waals surface area contributed by atoms with E-state index in [1.165, 1.54) is 19.3 Å². The molecule has 18 heavy (non-hydrogen) atoms. The Morgan fingerprint density at radius 2 is 1.72 bits per heavy atom. The lowest BCUT2D eigenvalue weighted by Crippen LogP contribution is -2.02. The van der Waals surface area contributed by atoms with Crippen molar-refractivity contribution in [2.45, 2.75) is 45.4 Å². The third-order valence-electron chi connectivity index (χ3n) is 2.36. The molecule has 0 aliphatic rings. The zero-order valence-electron chi connectivity index (χ0n) is 10.6. The maximum absolute atomic E-state index is 10.9. The number of carbonyl (C=O) groups is 1. The minimum atomic E-state index is -1.09. The molecule has 0 aromatic carbocycles. The van der Waals surface area contributed by atoms with Gasteiger partial charge in [0.25, 0.3) is 5.95 Å². The molecule has 98 valence electrons. The zero-order valence-corrected chi connectivity index (χ0v) is 10.6. The Kier molecular flexibility index (Phi) is 9.03. The van der Waals surface area contributed by atoms with E-state index in [2.05, 4.69) is 16.6 Å². The van der Waals surface area contributed by atoms with Crippen molar-refractivity contribution < 1.29 is 14.6 Å². The summed E-state index contributed by atoms with van der Waals surface area (Å²) < 4.78 is 4.88. The first-order chi connectivity index (χ1) is 8.67. The molecular formula is C13H18N2O3. The van der Waals surface area contributed by atoms with E-state index in [0.29, 0.717) is 0 Å². The summed E-state index contributed by atoms with van der Waals surface area (Å²) in [4.78, 5) is 16.3. The summed E-state index contributed by atoms with van der Waals surface area (Å²) in [5.74, 6) is -1.83. The highest BCUT2D eigenvalue weighted by Gasteiger charge is 2.17. The van der Waals surface area contributed by atoms with Crippen LogP contribution in [0.15, 0.2) is 11.6 Å². The standard InChI is InChI=1S/C13H18N2O3/c1-4-5-6-7-8-9-10-18-13(17)11(14-2)12(16)15-3/h17H,4-10H2,1H3. The molecule has 0 saturated carbocycles. The summed E-state index contributed by atoms with van der Waals surface area (Å²) in [6, 6.07) is 0. The minimum Gasteiger partial charge on any atom is -0.490 e. The van der Waals surface area contributed by atoms with Crippen LogP contribution in [-0.2, 0) is 9.53 Å². The van der Waals surface area contributed by atoms with Crippen molar-refractivity contribution in [3.05, 3.63) is 34.5 Å². The Hall–Kier alpha value is -2.01. The number of hydrogen-bond donors (Lipinski definition) is 1. The number of amides is 1. The van der Waals surface area contributed by atoms with E-state index in [-0.39, 0.29) is 6.61 Å². The second-order valence-corrected chi connectivity index (χ2v) is 3.80. The summed E-state index contributed by atoms with van der Waals surface area (Å²) >= 11 is 0. The second-order valence-electron chi connectivity index (χ2n) is 3.80. The van der Waals surface area contributed by atoms with Crippen LogP contribution in [0.2, 0.25) is 0 Å². The largest absolute Gasteiger partial charge is 0.490 e. The molecule has 5 heteroatoms. The second kappa shape index (κ2) is 10.2. The molecule has 0 aliphatic heterocycles. The van der Waals surface area contributed by atoms with Gasteiger partial charge in [-0.3, -0.25) is 0 Å². The molecule has 0 aromatic heterocycles. The molecular weight excluding hydrogens is 232 g/mol. The molecule has 0 atom stereocenters. The molecule has 0 aromatic rings. The normalized spacial score (nSPS) is 11.1. The quantitative estimate of drug-likeness (QED) is 0.295. The van der Waals surface area contributed by atoms with Crippen LogP contribution in [0.3, 0.4) is 0 Å². The molecule has 0 heterocycles. The smallest absolute Gasteiger partial charge is 0.391 e. The number of aliphatic hydroxyl groups excluding tert-OH is 1. The summed E-state index contributed by atoms with van der Waals surface area (Å²) in [5.41, 5.74) is -0.643. The van der Waals surface area contributed by atoms with Gasteiger partial charge in [-0.2, -0.15) is 0 Å². The van der Waals surface area contributed by atoms with Gasteiger partial charge in [0.2, 0.25) is 0 Å². The number of unbranched alkanes of at least 4 members (excludes halogenated alkanes) is 5. The molecule has 0 saturated heterocycles. The topological polar surface area (TPSA) is 55.2 Å². The van der Waals surface area contributed by atoms with Crippen LogP contribution in [0, 0.1) is 13.1 Å². The molecule has 0 fully saturated rings. The Balaban J connectivity index is 3.92. The number of carbonyl (C=O) groups excluding carboxylic acids is 1. The SMILES string of the molecule is [C-]#[N+]C(=O)C([N+]#[C-])=C(O)OCCCCCCCC. The van der Waals surface area contributed by atoms with Gasteiger partial charge in [-0.25, -0.2) is 9.69 Å². The van der Waals surface area contributed by atoms with E-state index in [9.17, 15) is 9.90 Å². The predicted molar refractivity (Wildman–Crippen MR) is 67.2 cm³/mol. The van der Waals surface area contributed by atoms with E-state index in [1.807, 2.05) is 0 Å². The molecule has 0 spiro atoms. The van der Waals surface area contributed by atoms with Crippen molar-refractivity contribution in [1.82, 2.24) is 0 Å². The van der Waals surface area contributed by atoms with Crippen LogP contribution in [0.25, 0.3) is 9.69 Å². The molecule has 0 bridgehead atoms. The Labute approximate surface area is 108 Å². The number of hydrogen-bond acceptors (Lipinski definition) is 3. The molecule has 0 aliphatic carbocycles. The van der Waals surface area contributed by atoms with Crippen molar-refractivity contribution in [2.24, 2.45) is 0 Å². The lowest BCUT2D eigenvalue weighted by molar-refractivity contribution is -0.111. The molecule has 0 unspecified atom stereocenters. The first-order valence-corrected chi connectivity index (χ1v) is 6.02. The fraction of sp³-hybridized carbons (Fsp3) is 0.615. The van der Waals surface area contributed by atoms with Gasteiger partial charge >= 0.3 is 11.6 Å². The van der Waals surface area contributed by atoms with Crippen molar-refractivity contribution >= 4 is 5.91 Å². The van der Waals surface area contributed by atoms with Gasteiger partial charge in [0.1, 0.15) is 0 Å². The number of rotatable bonds is 9. The highest BCUT2D eigenvalue weighted by Crippen LogP contribution is 2.10. The van der Waals surface area contributed by atoms with Crippen molar-refractivity contribution in [3.63, 3.8) is 0 Å². The molecule has 1 N–H and O–H groups in total. The van der Waals surface area contributed by atoms with Crippen molar-refractivity contribution in [1.29, 1.82) is 0 Å². The monoisotopic (exact) mass is 250 g/mol. The highest BCUT2D eigenvalue weighted by atomic mass is 16.6. The summed E-state index contributed by atoms with van der Waals surface area (Å²) in [6.07, 6.45) is 6.43. The van der Waals surface area contributed by atoms with Crippen LogP contribution in [0.4, 0.5) is 0 Å². The van der Waals surface area contributed by atoms with Crippen LogP contribution >= 0.6 is 0 Å². The fourth-order valence-corrected chi connectivity index (χ4v) is 1.36. The van der Waals surface area contributed by atoms with Crippen LogP contribution in [0.5, 0.6) is 0 Å². The lowest BCUT2D eigenvalue weighted by atomic mass is 10.1. The van der Waals surface area contributed by atoms with Gasteiger partial charge in [0.05, 0.1) is 19.8 Å². The third-order valence-corrected chi connectivity index (χ3v) is 2.36. The van der Waals surface area contributed by atoms with Crippen LogP contribution in [0.1, 0.15) is 45.4 Å². The minimum absolute atomic E-state index is 0.252. The molecule has 5 nitrogen and oxygen atoms in total. The van der Waals surface area contributed by atoms with E-state index < -0.39 is 17.5 Å². The summed E-state index contributed by atoms with van der Waals surface area (Å²) in [7, 11) is 0. The number of ether oxygens (including phenoxy) is 1. The van der Waals surface area contributed by atoms with Crippen LogP contribution in [-0.4, -0.2) is 17.6 Å². The van der Waals surface area contributed by atoms with Gasteiger partial charge in [-0.1, -0.05) is 39.0 Å². The molecule has 0 radical (unpaired) electrons. The number of nitrogens with zero attached hydrogens (tertiary/aromatic N) is 2. The third kappa shape index (κ3) is 6.55. The van der Waals surface area contributed by atoms with Gasteiger partial charge in [-0.15, -0.1) is 0 Å². The highest BCUT2D eigenvalue weighted by molar-refractivity contribution is 6.02. The van der Waals surface area contributed by atoms with Gasteiger partial charge in [-0.05, 0) is 6.42 Å². The van der Waals surface area contributed by atoms with Crippen molar-refractivity contribution in [2.75, 3.05) is 6.61 Å². The van der Waals surface area contributed by atoms with Crippen LogP contribution < -0.4 is 0 Å². The Morgan fingerprint density at radius 1 is 1.11 bits per heavy atom. The summed E-state index contributed by atoms with van der Waals surface area (Å²) in [5, 5.41) is 9.33. The first kappa shape index (κ1) is 16.0. The van der Waals surface area contributed by atoms with Crippen molar-refractivity contribution in [3.8, 4) is 0 Å². The Bertz CT molecular complexity index is 375. The lowest BCUT2D eigenvalue weighted by Gasteiger charge is -2.05. The maximum Gasteiger partial charge on any atom is 0.391 e. The number of aliphatic hydroxyl groups is 1. The average molecular weight is 250 g/mol. The van der Waals surface area contributed by atoms with Gasteiger partial charge < -0.3 is 14.6 Å². The van der Waals surface area contributed by atoms with E-state index in [4.69, 9.17) is 17.9 Å². The average Bonchev–Trinajstić information content (AvgIpc) is 2.38. The summed E-state index contributed by atoms with van der Waals surface area (Å²) in [6.45, 7) is 15.6.